The summed E-state index contributed by atoms with van der Waals surface area (Å²) in [6.07, 6.45) is -10.3. The lowest BCUT2D eigenvalue weighted by atomic mass is 9.89. The van der Waals surface area contributed by atoms with E-state index in [1.54, 1.807) is 0 Å². The summed E-state index contributed by atoms with van der Waals surface area (Å²) in [5.74, 6) is -1.94. The van der Waals surface area contributed by atoms with Crippen LogP contribution in [0.4, 0.5) is 30.7 Å². The van der Waals surface area contributed by atoms with E-state index in [2.05, 4.69) is 10.1 Å². The molecule has 0 saturated carbocycles. The number of rotatable bonds is 5. The molecule has 0 bridgehead atoms. The summed E-state index contributed by atoms with van der Waals surface area (Å²) >= 11 is 0. The first-order valence-corrected chi connectivity index (χ1v) is 10.9. The van der Waals surface area contributed by atoms with Crippen LogP contribution < -0.4 is 15.8 Å². The summed E-state index contributed by atoms with van der Waals surface area (Å²) in [5, 5.41) is 15.8. The van der Waals surface area contributed by atoms with Crippen LogP contribution in [0.25, 0.3) is 11.3 Å². The zero-order valence-corrected chi connectivity index (χ0v) is 19.7. The third kappa shape index (κ3) is 4.78. The van der Waals surface area contributed by atoms with Gasteiger partial charge in [-0.1, -0.05) is 0 Å². The first-order chi connectivity index (χ1) is 17.4. The predicted octanol–water partition coefficient (Wildman–Crippen LogP) is 3.39. The first-order valence-electron chi connectivity index (χ1n) is 10.9. The highest BCUT2D eigenvalue weighted by Gasteiger charge is 2.57. The van der Waals surface area contributed by atoms with Crippen molar-refractivity contribution in [3.63, 3.8) is 0 Å². The smallest absolute Gasteiger partial charge is 0.435 e. The van der Waals surface area contributed by atoms with Gasteiger partial charge in [0.1, 0.15) is 23.8 Å². The predicted molar refractivity (Wildman–Crippen MR) is 117 cm³/mol. The Labute approximate surface area is 210 Å². The molecule has 8 nitrogen and oxygen atoms in total. The number of benzene rings is 1. The minimum absolute atomic E-state index is 0.0356. The van der Waals surface area contributed by atoms with Crippen LogP contribution in [0.2, 0.25) is 0 Å². The second-order valence-corrected chi connectivity index (χ2v) is 9.02. The topological polar surface area (TPSA) is 115 Å². The molecule has 0 aliphatic carbocycles. The van der Waals surface area contributed by atoms with Crippen molar-refractivity contribution < 1.29 is 45.4 Å². The van der Waals surface area contributed by atoms with Gasteiger partial charge >= 0.3 is 12.4 Å². The lowest BCUT2D eigenvalue weighted by Gasteiger charge is -2.31. The lowest BCUT2D eigenvalue weighted by Crippen LogP contribution is -2.52. The molecule has 15 heteroatoms. The van der Waals surface area contributed by atoms with Gasteiger partial charge in [0.05, 0.1) is 17.8 Å². The van der Waals surface area contributed by atoms with Crippen LogP contribution in [0.15, 0.2) is 36.4 Å². The van der Waals surface area contributed by atoms with Gasteiger partial charge in [-0.05, 0) is 37.3 Å². The van der Waals surface area contributed by atoms with Crippen molar-refractivity contribution in [3.05, 3.63) is 64.9 Å². The van der Waals surface area contributed by atoms with E-state index in [1.165, 1.54) is 19.1 Å². The number of aryl methyl sites for hydroxylation is 1. The van der Waals surface area contributed by atoms with Gasteiger partial charge < -0.3 is 20.9 Å². The molecule has 2 aromatic heterocycles. The molecule has 2 atom stereocenters. The fourth-order valence-corrected chi connectivity index (χ4v) is 3.87. The fourth-order valence-electron chi connectivity index (χ4n) is 3.87. The van der Waals surface area contributed by atoms with Crippen molar-refractivity contribution in [2.45, 2.75) is 30.4 Å². The van der Waals surface area contributed by atoms with Crippen molar-refractivity contribution in [2.24, 2.45) is 12.8 Å². The van der Waals surface area contributed by atoms with Gasteiger partial charge in [-0.2, -0.15) is 31.4 Å². The number of pyridine rings is 1. The molecule has 0 saturated heterocycles. The van der Waals surface area contributed by atoms with Gasteiger partial charge in [-0.15, -0.1) is 0 Å². The minimum Gasteiger partial charge on any atom is -0.489 e. The molecule has 4 N–H and O–H groups in total. The molecule has 0 spiro atoms. The van der Waals surface area contributed by atoms with E-state index in [-0.39, 0.29) is 29.2 Å². The van der Waals surface area contributed by atoms with E-state index < -0.39 is 58.8 Å². The molecule has 0 fully saturated rings. The third-order valence-electron chi connectivity index (χ3n) is 6.02. The number of ether oxygens (including phenoxy) is 1. The number of alkyl halides is 6. The SMILES string of the molecule is Cn1nc(C(F)(F)F)cc1C(=O)NCC(O)(c1cc2c(c(-c3ccc(F)cc3)n1)OCC2(C)N)C(F)(F)F. The largest absolute Gasteiger partial charge is 0.489 e. The van der Waals surface area contributed by atoms with Crippen molar-refractivity contribution in [2.75, 3.05) is 13.2 Å². The minimum atomic E-state index is -5.42. The number of nitrogens with two attached hydrogens (primary N) is 1. The molecule has 2 unspecified atom stereocenters. The van der Waals surface area contributed by atoms with Crippen LogP contribution in [-0.4, -0.2) is 45.1 Å². The summed E-state index contributed by atoms with van der Waals surface area (Å²) in [6, 6.07) is 5.83. The average molecular weight is 547 g/mol. The number of aromatic nitrogens is 3. The molecule has 1 aliphatic heterocycles. The number of nitrogens with zero attached hydrogens (tertiary/aromatic N) is 3. The van der Waals surface area contributed by atoms with Crippen LogP contribution in [-0.2, 0) is 24.4 Å². The number of hydrogen-bond donors (Lipinski definition) is 3. The van der Waals surface area contributed by atoms with E-state index in [4.69, 9.17) is 10.5 Å². The maximum absolute atomic E-state index is 14.3. The Bertz CT molecular complexity index is 1380. The molecule has 3 aromatic rings. The average Bonchev–Trinajstić information content (AvgIpc) is 3.36. The van der Waals surface area contributed by atoms with E-state index in [1.807, 2.05) is 5.32 Å². The summed E-state index contributed by atoms with van der Waals surface area (Å²) in [4.78, 5) is 16.5. The molecule has 1 amide bonds. The second-order valence-electron chi connectivity index (χ2n) is 9.02. The zero-order chi connectivity index (χ0) is 28.3. The summed E-state index contributed by atoms with van der Waals surface area (Å²) in [6.45, 7) is -0.171. The van der Waals surface area contributed by atoms with Crippen LogP contribution in [0.5, 0.6) is 5.75 Å². The molecule has 4 rings (SSSR count). The van der Waals surface area contributed by atoms with Gasteiger partial charge in [0.25, 0.3) is 5.91 Å². The number of nitrogens with one attached hydrogen (secondary N) is 1. The highest BCUT2D eigenvalue weighted by Crippen LogP contribution is 2.46. The summed E-state index contributed by atoms with van der Waals surface area (Å²) in [7, 11) is 0.999. The van der Waals surface area contributed by atoms with E-state index in [0.717, 1.165) is 25.2 Å². The van der Waals surface area contributed by atoms with E-state index in [0.29, 0.717) is 10.7 Å². The molecule has 1 aliphatic rings. The number of halogens is 7. The number of aliphatic hydroxyl groups is 1. The molecule has 3 heterocycles. The Kier molecular flexibility index (Phi) is 6.43. The Morgan fingerprint density at radius 3 is 2.34 bits per heavy atom. The third-order valence-corrected chi connectivity index (χ3v) is 6.02. The van der Waals surface area contributed by atoms with Crippen molar-refractivity contribution in [1.29, 1.82) is 0 Å². The molecular formula is C23H20F7N5O3. The quantitative estimate of drug-likeness (QED) is 0.422. The maximum atomic E-state index is 14.3. The van der Waals surface area contributed by atoms with Crippen LogP contribution in [0.3, 0.4) is 0 Å². The van der Waals surface area contributed by atoms with Gasteiger partial charge in [0.2, 0.25) is 5.60 Å². The maximum Gasteiger partial charge on any atom is 0.435 e. The Morgan fingerprint density at radius 2 is 1.79 bits per heavy atom. The van der Waals surface area contributed by atoms with Gasteiger partial charge in [-0.25, -0.2) is 9.37 Å². The Hall–Kier alpha value is -3.72. The second kappa shape index (κ2) is 8.94. The normalized spacial score (nSPS) is 19.0. The van der Waals surface area contributed by atoms with Gasteiger partial charge in [-0.3, -0.25) is 9.48 Å². The number of amides is 1. The highest BCUT2D eigenvalue weighted by molar-refractivity contribution is 5.92. The van der Waals surface area contributed by atoms with Crippen molar-refractivity contribution in [3.8, 4) is 17.0 Å². The molecule has 0 radical (unpaired) electrons. The van der Waals surface area contributed by atoms with E-state index in [9.17, 15) is 40.6 Å². The molecule has 1 aromatic carbocycles. The summed E-state index contributed by atoms with van der Waals surface area (Å²) < 4.78 is 101. The zero-order valence-electron chi connectivity index (χ0n) is 19.7. The fraction of sp³-hybridized carbons (Fsp3) is 0.348. The summed E-state index contributed by atoms with van der Waals surface area (Å²) in [5.41, 5.74) is -1.94. The lowest BCUT2D eigenvalue weighted by molar-refractivity contribution is -0.265. The van der Waals surface area contributed by atoms with Crippen LogP contribution >= 0.6 is 0 Å². The molecular weight excluding hydrogens is 527 g/mol. The van der Waals surface area contributed by atoms with Crippen LogP contribution in [0, 0.1) is 5.82 Å². The van der Waals surface area contributed by atoms with Gasteiger partial charge in [0.15, 0.2) is 11.4 Å². The van der Waals surface area contributed by atoms with Crippen molar-refractivity contribution >= 4 is 5.91 Å². The van der Waals surface area contributed by atoms with E-state index >= 15 is 0 Å². The standard InChI is InChI=1S/C23H20F7N5O3/c1-20(31)10-38-18-13(20)7-15(33-17(18)11-3-5-12(24)6-4-11)21(37,23(28,29)30)9-32-19(36)14-8-16(22(25,26)27)34-35(14)2/h3-8,37H,9-10,31H2,1-2H3,(H,32,36). The molecule has 204 valence electrons. The van der Waals surface area contributed by atoms with Gasteiger partial charge in [0, 0.05) is 24.2 Å². The number of fused-ring (bicyclic) bond motifs is 1. The highest BCUT2D eigenvalue weighted by atomic mass is 19.4. The molecule has 38 heavy (non-hydrogen) atoms. The monoisotopic (exact) mass is 547 g/mol. The number of carbonyl (C=O) groups is 1. The number of carbonyl (C=O) groups excluding carboxylic acids is 1. The Balaban J connectivity index is 1.77. The first kappa shape index (κ1) is 27.3. The van der Waals surface area contributed by atoms with Crippen LogP contribution in [0.1, 0.15) is 34.4 Å². The van der Waals surface area contributed by atoms with Crippen molar-refractivity contribution in [1.82, 2.24) is 20.1 Å². The Morgan fingerprint density at radius 1 is 1.16 bits per heavy atom. The number of hydrogen-bond acceptors (Lipinski definition) is 6.